The highest BCUT2D eigenvalue weighted by Crippen LogP contribution is 2.25. The highest BCUT2D eigenvalue weighted by molar-refractivity contribution is 7.99. The van der Waals surface area contributed by atoms with Gasteiger partial charge in [-0.3, -0.25) is 0 Å². The van der Waals surface area contributed by atoms with Crippen LogP contribution in [0.25, 0.3) is 0 Å². The molecule has 0 amide bonds. The fourth-order valence-corrected chi connectivity index (χ4v) is 4.26. The van der Waals surface area contributed by atoms with Gasteiger partial charge in [0.25, 0.3) is 0 Å². The Balaban J connectivity index is 1.50. The van der Waals surface area contributed by atoms with Crippen molar-refractivity contribution in [3.05, 3.63) is 64.9 Å². The van der Waals surface area contributed by atoms with Crippen LogP contribution in [0, 0.1) is 6.92 Å². The Kier molecular flexibility index (Phi) is 7.50. The fourth-order valence-electron chi connectivity index (χ4n) is 2.46. The summed E-state index contributed by atoms with van der Waals surface area (Å²) < 4.78 is 7.91. The maximum atomic E-state index is 5.88. The highest BCUT2D eigenvalue weighted by atomic mass is 35.5. The van der Waals surface area contributed by atoms with E-state index >= 15 is 0 Å². The van der Waals surface area contributed by atoms with Gasteiger partial charge >= 0.3 is 0 Å². The van der Waals surface area contributed by atoms with E-state index < -0.39 is 0 Å². The number of rotatable bonds is 9. The Hall–Kier alpha value is -1.63. The fraction of sp³-hybridized carbons (Fsp3) is 0.300. The van der Waals surface area contributed by atoms with E-state index in [-0.39, 0.29) is 0 Å². The second kappa shape index (κ2) is 10.1. The summed E-state index contributed by atoms with van der Waals surface area (Å²) in [7, 11) is 0. The van der Waals surface area contributed by atoms with Gasteiger partial charge in [0, 0.05) is 22.2 Å². The number of ether oxygens (including phenoxy) is 1. The highest BCUT2D eigenvalue weighted by Gasteiger charge is 2.11. The Labute approximate surface area is 173 Å². The van der Waals surface area contributed by atoms with E-state index in [9.17, 15) is 0 Å². The zero-order valence-corrected chi connectivity index (χ0v) is 17.8. The van der Waals surface area contributed by atoms with E-state index in [2.05, 4.69) is 52.9 Å². The molecule has 0 unspecified atom stereocenters. The maximum absolute atomic E-state index is 5.88. The number of benzene rings is 2. The summed E-state index contributed by atoms with van der Waals surface area (Å²) in [4.78, 5) is 1.25. The summed E-state index contributed by atoms with van der Waals surface area (Å²) in [6, 6.07) is 16.0. The van der Waals surface area contributed by atoms with Gasteiger partial charge in [0.1, 0.15) is 11.6 Å². The molecule has 142 valence electrons. The van der Waals surface area contributed by atoms with Crippen LogP contribution in [0.1, 0.15) is 18.3 Å². The van der Waals surface area contributed by atoms with E-state index in [1.807, 2.05) is 24.3 Å². The summed E-state index contributed by atoms with van der Waals surface area (Å²) in [5.41, 5.74) is 1.27. The molecule has 3 aromatic rings. The average Bonchev–Trinajstić information content (AvgIpc) is 3.08. The van der Waals surface area contributed by atoms with Crippen molar-refractivity contribution in [1.29, 1.82) is 0 Å². The first-order chi connectivity index (χ1) is 13.2. The van der Waals surface area contributed by atoms with Gasteiger partial charge in [-0.15, -0.1) is 22.0 Å². The van der Waals surface area contributed by atoms with Gasteiger partial charge in [-0.1, -0.05) is 41.1 Å². The molecule has 0 bridgehead atoms. The van der Waals surface area contributed by atoms with Gasteiger partial charge < -0.3 is 9.30 Å². The van der Waals surface area contributed by atoms with E-state index in [1.165, 1.54) is 10.5 Å². The van der Waals surface area contributed by atoms with Crippen LogP contribution in [0.4, 0.5) is 0 Å². The molecule has 1 heterocycles. The topological polar surface area (TPSA) is 39.9 Å². The summed E-state index contributed by atoms with van der Waals surface area (Å²) in [6.07, 6.45) is 0. The molecular weight excluding hydrogens is 398 g/mol. The average molecular weight is 420 g/mol. The van der Waals surface area contributed by atoms with Gasteiger partial charge in [0.15, 0.2) is 5.16 Å². The van der Waals surface area contributed by atoms with Crippen LogP contribution in [0.2, 0.25) is 5.02 Å². The number of aryl methyl sites for hydroxylation is 1. The lowest BCUT2D eigenvalue weighted by molar-refractivity contribution is 0.344. The maximum Gasteiger partial charge on any atom is 0.191 e. The SMILES string of the molecule is CCn1c(CSc2ccc(C)cc2)nnc1SCCOc1ccc(Cl)cc1. The monoisotopic (exact) mass is 419 g/mol. The van der Waals surface area contributed by atoms with Crippen LogP contribution in [-0.4, -0.2) is 27.1 Å². The molecule has 2 aromatic carbocycles. The van der Waals surface area contributed by atoms with E-state index in [0.717, 1.165) is 34.8 Å². The number of hydrogen-bond acceptors (Lipinski definition) is 5. The summed E-state index contributed by atoms with van der Waals surface area (Å²) in [5.74, 6) is 3.45. The molecule has 4 nitrogen and oxygen atoms in total. The molecule has 0 N–H and O–H groups in total. The van der Waals surface area contributed by atoms with E-state index in [1.54, 1.807) is 23.5 Å². The van der Waals surface area contributed by atoms with Crippen molar-refractivity contribution in [1.82, 2.24) is 14.8 Å². The molecule has 0 aliphatic heterocycles. The minimum Gasteiger partial charge on any atom is -0.493 e. The second-order valence-corrected chi connectivity index (χ2v) is 8.44. The molecule has 7 heteroatoms. The Morgan fingerprint density at radius 1 is 1.00 bits per heavy atom. The van der Waals surface area contributed by atoms with Crippen molar-refractivity contribution in [3.63, 3.8) is 0 Å². The standard InChI is InChI=1S/C20H22ClN3OS2/c1-3-24-19(14-27-18-10-4-15(2)5-11-18)22-23-20(24)26-13-12-25-17-8-6-16(21)7-9-17/h4-11H,3,12-14H2,1-2H3. The summed E-state index contributed by atoms with van der Waals surface area (Å²) in [5, 5.41) is 10.4. The predicted molar refractivity (Wildman–Crippen MR) is 114 cm³/mol. The molecule has 3 rings (SSSR count). The van der Waals surface area contributed by atoms with Crippen molar-refractivity contribution >= 4 is 35.1 Å². The Morgan fingerprint density at radius 2 is 1.74 bits per heavy atom. The number of aromatic nitrogens is 3. The molecule has 0 fully saturated rings. The first-order valence-electron chi connectivity index (χ1n) is 8.78. The third-order valence-electron chi connectivity index (χ3n) is 3.90. The molecule has 0 aliphatic rings. The van der Waals surface area contributed by atoms with E-state index in [4.69, 9.17) is 16.3 Å². The number of thioether (sulfide) groups is 2. The van der Waals surface area contributed by atoms with Crippen molar-refractivity contribution in [3.8, 4) is 5.75 Å². The lowest BCUT2D eigenvalue weighted by Crippen LogP contribution is -2.04. The molecule has 0 saturated heterocycles. The largest absolute Gasteiger partial charge is 0.493 e. The molecule has 1 aromatic heterocycles. The summed E-state index contributed by atoms with van der Waals surface area (Å²) in [6.45, 7) is 5.69. The molecule has 0 radical (unpaired) electrons. The molecule has 0 saturated carbocycles. The van der Waals surface area contributed by atoms with Gasteiger partial charge in [0.05, 0.1) is 12.4 Å². The lowest BCUT2D eigenvalue weighted by atomic mass is 10.2. The van der Waals surface area contributed by atoms with E-state index in [0.29, 0.717) is 11.6 Å². The van der Waals surface area contributed by atoms with Crippen LogP contribution in [0.15, 0.2) is 58.6 Å². The first kappa shape index (κ1) is 20.1. The third kappa shape index (κ3) is 5.92. The number of halogens is 1. The number of nitrogens with zero attached hydrogens (tertiary/aromatic N) is 3. The third-order valence-corrected chi connectivity index (χ3v) is 6.09. The molecule has 0 atom stereocenters. The first-order valence-corrected chi connectivity index (χ1v) is 11.1. The summed E-state index contributed by atoms with van der Waals surface area (Å²) >= 11 is 9.33. The van der Waals surface area contributed by atoms with Crippen LogP contribution in [0.3, 0.4) is 0 Å². The normalized spacial score (nSPS) is 10.9. The van der Waals surface area contributed by atoms with Crippen LogP contribution in [-0.2, 0) is 12.3 Å². The number of hydrogen-bond donors (Lipinski definition) is 0. The minimum atomic E-state index is 0.607. The van der Waals surface area contributed by atoms with Gasteiger partial charge in [-0.2, -0.15) is 0 Å². The molecule has 0 aliphatic carbocycles. The lowest BCUT2D eigenvalue weighted by Gasteiger charge is -2.08. The molecule has 0 spiro atoms. The Morgan fingerprint density at radius 3 is 2.44 bits per heavy atom. The molecular formula is C20H22ClN3OS2. The zero-order chi connectivity index (χ0) is 19.1. The van der Waals surface area contributed by atoms with Crippen LogP contribution < -0.4 is 4.74 Å². The van der Waals surface area contributed by atoms with Gasteiger partial charge in [-0.25, -0.2) is 0 Å². The van der Waals surface area contributed by atoms with Crippen molar-refractivity contribution in [2.24, 2.45) is 0 Å². The smallest absolute Gasteiger partial charge is 0.191 e. The van der Waals surface area contributed by atoms with Crippen molar-refractivity contribution in [2.45, 2.75) is 36.2 Å². The van der Waals surface area contributed by atoms with Crippen molar-refractivity contribution in [2.75, 3.05) is 12.4 Å². The van der Waals surface area contributed by atoms with Gasteiger partial charge in [-0.05, 0) is 50.2 Å². The zero-order valence-electron chi connectivity index (χ0n) is 15.4. The molecule has 27 heavy (non-hydrogen) atoms. The Bertz CT molecular complexity index is 851. The predicted octanol–water partition coefficient (Wildman–Crippen LogP) is 5.72. The van der Waals surface area contributed by atoms with Crippen LogP contribution >= 0.6 is 35.1 Å². The van der Waals surface area contributed by atoms with Gasteiger partial charge in [0.2, 0.25) is 0 Å². The van der Waals surface area contributed by atoms with Crippen LogP contribution in [0.5, 0.6) is 5.75 Å². The quantitative estimate of drug-likeness (QED) is 0.327. The minimum absolute atomic E-state index is 0.607. The second-order valence-electron chi connectivity index (χ2n) is 5.90. The van der Waals surface area contributed by atoms with Crippen molar-refractivity contribution < 1.29 is 4.74 Å².